The fraction of sp³-hybridized carbons (Fsp3) is 0.722. The lowest BCUT2D eigenvalue weighted by atomic mass is 9.82. The van der Waals surface area contributed by atoms with Crippen LogP contribution in [0.2, 0.25) is 0 Å². The lowest BCUT2D eigenvalue weighted by molar-refractivity contribution is -0.136. The van der Waals surface area contributed by atoms with Gasteiger partial charge in [0.05, 0.1) is 5.69 Å². The van der Waals surface area contributed by atoms with Gasteiger partial charge in [0.15, 0.2) is 5.01 Å². The molecule has 6 heteroatoms. The van der Waals surface area contributed by atoms with Crippen molar-refractivity contribution in [3.63, 3.8) is 0 Å². The maximum atomic E-state index is 12.8. The van der Waals surface area contributed by atoms with Crippen molar-refractivity contribution in [1.29, 1.82) is 0 Å². The van der Waals surface area contributed by atoms with E-state index in [1.165, 1.54) is 29.1 Å². The summed E-state index contributed by atoms with van der Waals surface area (Å²) in [4.78, 5) is 34.2. The van der Waals surface area contributed by atoms with Gasteiger partial charge in [0.1, 0.15) is 0 Å². The van der Waals surface area contributed by atoms with Crippen molar-refractivity contribution in [3.05, 3.63) is 15.6 Å². The van der Waals surface area contributed by atoms with Crippen LogP contribution in [0, 0.1) is 11.8 Å². The summed E-state index contributed by atoms with van der Waals surface area (Å²) in [7, 11) is 3.50. The highest BCUT2D eigenvalue weighted by atomic mass is 32.1. The lowest BCUT2D eigenvalue weighted by Crippen LogP contribution is -2.39. The molecule has 0 N–H and O–H groups in total. The Morgan fingerprint density at radius 3 is 2.46 bits per heavy atom. The topological polar surface area (TPSA) is 53.5 Å². The first-order valence-electron chi connectivity index (χ1n) is 8.94. The van der Waals surface area contributed by atoms with Crippen molar-refractivity contribution in [2.45, 2.75) is 45.4 Å². The molecule has 0 atom stereocenters. The van der Waals surface area contributed by atoms with E-state index in [9.17, 15) is 9.59 Å². The van der Waals surface area contributed by atoms with Gasteiger partial charge in [0.2, 0.25) is 5.91 Å². The summed E-state index contributed by atoms with van der Waals surface area (Å²) in [6, 6.07) is 0. The smallest absolute Gasteiger partial charge is 0.282 e. The summed E-state index contributed by atoms with van der Waals surface area (Å²) in [6.45, 7) is 3.77. The zero-order chi connectivity index (χ0) is 17.3. The molecule has 1 saturated carbocycles. The highest BCUT2D eigenvalue weighted by molar-refractivity contribution is 7.13. The van der Waals surface area contributed by atoms with Crippen molar-refractivity contribution >= 4 is 23.2 Å². The third-order valence-corrected chi connectivity index (χ3v) is 6.42. The van der Waals surface area contributed by atoms with Crippen molar-refractivity contribution in [2.75, 3.05) is 27.2 Å². The molecule has 1 aliphatic heterocycles. The number of nitrogens with zero attached hydrogens (tertiary/aromatic N) is 3. The maximum Gasteiger partial charge on any atom is 0.282 e. The Hall–Kier alpha value is -1.43. The number of hydrogen-bond donors (Lipinski definition) is 0. The number of fused-ring (bicyclic) bond motifs is 1. The van der Waals surface area contributed by atoms with Gasteiger partial charge in [-0.1, -0.05) is 6.92 Å². The van der Waals surface area contributed by atoms with Crippen molar-refractivity contribution in [3.8, 4) is 0 Å². The molecule has 3 rings (SSSR count). The van der Waals surface area contributed by atoms with Gasteiger partial charge in [-0.3, -0.25) is 9.59 Å². The monoisotopic (exact) mass is 349 g/mol. The maximum absolute atomic E-state index is 12.8. The van der Waals surface area contributed by atoms with E-state index in [1.807, 2.05) is 4.90 Å². The normalized spacial score (nSPS) is 24.2. The fourth-order valence-corrected chi connectivity index (χ4v) is 4.75. The van der Waals surface area contributed by atoms with Crippen LogP contribution in [-0.4, -0.2) is 53.8 Å². The zero-order valence-electron chi connectivity index (χ0n) is 14.9. The van der Waals surface area contributed by atoms with Gasteiger partial charge in [-0.25, -0.2) is 4.98 Å². The Kier molecular flexibility index (Phi) is 5.23. The highest BCUT2D eigenvalue weighted by Crippen LogP contribution is 2.31. The minimum absolute atomic E-state index is 0.0302. The molecule has 1 aromatic rings. The van der Waals surface area contributed by atoms with Crippen LogP contribution >= 0.6 is 11.3 Å². The van der Waals surface area contributed by atoms with Gasteiger partial charge >= 0.3 is 0 Å². The van der Waals surface area contributed by atoms with E-state index < -0.39 is 0 Å². The van der Waals surface area contributed by atoms with Crippen LogP contribution in [0.4, 0.5) is 0 Å². The van der Waals surface area contributed by atoms with E-state index in [0.29, 0.717) is 10.9 Å². The summed E-state index contributed by atoms with van der Waals surface area (Å²) >= 11 is 1.49. The SMILES string of the molecule is CC1CCC(C(=O)N2CCc3nc(C(=O)N(C)C)sc3CC2)CC1. The van der Waals surface area contributed by atoms with Crippen molar-refractivity contribution in [1.82, 2.24) is 14.8 Å². The van der Waals surface area contributed by atoms with E-state index in [2.05, 4.69) is 11.9 Å². The number of carbonyl (C=O) groups excluding carboxylic acids is 2. The molecule has 1 fully saturated rings. The van der Waals surface area contributed by atoms with E-state index in [-0.39, 0.29) is 11.8 Å². The Bertz CT molecular complexity index is 592. The van der Waals surface area contributed by atoms with Gasteiger partial charge in [0.25, 0.3) is 5.91 Å². The average molecular weight is 350 g/mol. The first-order chi connectivity index (χ1) is 11.5. The second-order valence-electron chi connectivity index (χ2n) is 7.37. The molecule has 1 aromatic heterocycles. The third-order valence-electron chi connectivity index (χ3n) is 5.27. The van der Waals surface area contributed by atoms with E-state index >= 15 is 0 Å². The number of aromatic nitrogens is 1. The lowest BCUT2D eigenvalue weighted by Gasteiger charge is -2.30. The zero-order valence-corrected chi connectivity index (χ0v) is 15.7. The Labute approximate surface area is 148 Å². The Balaban J connectivity index is 1.63. The van der Waals surface area contributed by atoms with Crippen LogP contribution < -0.4 is 0 Å². The predicted molar refractivity (Wildman–Crippen MR) is 95.2 cm³/mol. The number of rotatable bonds is 2. The average Bonchev–Trinajstić information content (AvgIpc) is 2.87. The molecular formula is C18H27N3O2S. The minimum Gasteiger partial charge on any atom is -0.343 e. The summed E-state index contributed by atoms with van der Waals surface area (Å²) < 4.78 is 0. The molecule has 2 amide bonds. The first kappa shape index (κ1) is 17.4. The molecule has 0 saturated heterocycles. The predicted octanol–water partition coefficient (Wildman–Crippen LogP) is 2.60. The molecule has 2 aliphatic rings. The number of carbonyl (C=O) groups is 2. The van der Waals surface area contributed by atoms with Gasteiger partial charge in [-0.2, -0.15) is 0 Å². The van der Waals surface area contributed by atoms with Gasteiger partial charge < -0.3 is 9.80 Å². The molecule has 0 spiro atoms. The summed E-state index contributed by atoms with van der Waals surface area (Å²) in [6.07, 6.45) is 6.02. The van der Waals surface area contributed by atoms with Crippen LogP contribution in [0.3, 0.4) is 0 Å². The summed E-state index contributed by atoms with van der Waals surface area (Å²) in [5.74, 6) is 1.29. The largest absolute Gasteiger partial charge is 0.343 e. The first-order valence-corrected chi connectivity index (χ1v) is 9.76. The van der Waals surface area contributed by atoms with Crippen LogP contribution in [0.25, 0.3) is 0 Å². The van der Waals surface area contributed by atoms with Crippen LogP contribution in [0.1, 0.15) is 53.0 Å². The van der Waals surface area contributed by atoms with E-state index in [4.69, 9.17) is 0 Å². The van der Waals surface area contributed by atoms with Gasteiger partial charge in [0, 0.05) is 50.8 Å². The molecule has 0 unspecified atom stereocenters. The molecular weight excluding hydrogens is 322 g/mol. The number of thiazole rings is 1. The van der Waals surface area contributed by atoms with Crippen LogP contribution in [0.5, 0.6) is 0 Å². The van der Waals surface area contributed by atoms with Gasteiger partial charge in [-0.15, -0.1) is 11.3 Å². The minimum atomic E-state index is -0.0302. The second-order valence-corrected chi connectivity index (χ2v) is 8.45. The third kappa shape index (κ3) is 3.63. The quantitative estimate of drug-likeness (QED) is 0.825. The van der Waals surface area contributed by atoms with Crippen molar-refractivity contribution < 1.29 is 9.59 Å². The molecule has 132 valence electrons. The second kappa shape index (κ2) is 7.21. The van der Waals surface area contributed by atoms with Crippen LogP contribution in [0.15, 0.2) is 0 Å². The molecule has 2 heterocycles. The number of amides is 2. The molecule has 1 aliphatic carbocycles. The fourth-order valence-electron chi connectivity index (χ4n) is 3.63. The molecule has 0 radical (unpaired) electrons. The molecule has 5 nitrogen and oxygen atoms in total. The Morgan fingerprint density at radius 2 is 1.79 bits per heavy atom. The Morgan fingerprint density at radius 1 is 1.12 bits per heavy atom. The number of hydrogen-bond acceptors (Lipinski definition) is 4. The summed E-state index contributed by atoms with van der Waals surface area (Å²) in [5, 5.41) is 0.575. The van der Waals surface area contributed by atoms with Gasteiger partial charge in [-0.05, 0) is 31.6 Å². The molecule has 0 bridgehead atoms. The van der Waals surface area contributed by atoms with Crippen molar-refractivity contribution in [2.24, 2.45) is 11.8 Å². The van der Waals surface area contributed by atoms with Crippen LogP contribution in [-0.2, 0) is 17.6 Å². The summed E-state index contributed by atoms with van der Waals surface area (Å²) in [5.41, 5.74) is 1.01. The highest BCUT2D eigenvalue weighted by Gasteiger charge is 2.30. The van der Waals surface area contributed by atoms with E-state index in [0.717, 1.165) is 50.4 Å². The van der Waals surface area contributed by atoms with E-state index in [1.54, 1.807) is 19.0 Å². The molecule has 24 heavy (non-hydrogen) atoms. The standard InChI is InChI=1S/C18H27N3O2S/c1-12-4-6-13(7-5-12)17(22)21-10-8-14-15(9-11-21)24-16(19-14)18(23)20(2)3/h12-13H,4-11H2,1-3H3. The molecule has 0 aromatic carbocycles.